The van der Waals surface area contributed by atoms with Gasteiger partial charge in [-0.3, -0.25) is 14.3 Å². The summed E-state index contributed by atoms with van der Waals surface area (Å²) < 4.78 is 6.38. The fraction of sp³-hybridized carbons (Fsp3) is 0.143. The number of rotatable bonds is 2. The molecular weight excluding hydrogens is 272 g/mol. The van der Waals surface area contributed by atoms with Gasteiger partial charge in [0.15, 0.2) is 11.5 Å². The minimum absolute atomic E-state index is 0.273. The summed E-state index contributed by atoms with van der Waals surface area (Å²) in [5.74, 6) is 1.16. The summed E-state index contributed by atoms with van der Waals surface area (Å²) >= 11 is 0. The van der Waals surface area contributed by atoms with Gasteiger partial charge in [0.2, 0.25) is 0 Å². The van der Waals surface area contributed by atoms with Gasteiger partial charge in [-0.2, -0.15) is 0 Å². The van der Waals surface area contributed by atoms with Crippen LogP contribution in [0.5, 0.6) is 5.75 Å². The van der Waals surface area contributed by atoms with E-state index in [9.17, 15) is 9.59 Å². The molecule has 3 aromatic rings. The number of aromatic nitrogens is 4. The number of methoxy groups -OCH3 is 1. The van der Waals surface area contributed by atoms with Crippen LogP contribution in [0.3, 0.4) is 0 Å². The van der Waals surface area contributed by atoms with Gasteiger partial charge in [0.05, 0.1) is 7.11 Å². The number of ether oxygens (including phenoxy) is 1. The fourth-order valence-electron chi connectivity index (χ4n) is 2.01. The molecule has 1 aromatic carbocycles. The third kappa shape index (κ3) is 2.18. The van der Waals surface area contributed by atoms with Crippen molar-refractivity contribution in [1.29, 1.82) is 0 Å². The summed E-state index contributed by atoms with van der Waals surface area (Å²) in [6, 6.07) is 7.20. The zero-order valence-corrected chi connectivity index (χ0v) is 11.5. The van der Waals surface area contributed by atoms with Crippen molar-refractivity contribution in [2.45, 2.75) is 0 Å². The van der Waals surface area contributed by atoms with Crippen molar-refractivity contribution in [3.63, 3.8) is 0 Å². The van der Waals surface area contributed by atoms with E-state index < -0.39 is 11.2 Å². The van der Waals surface area contributed by atoms with Gasteiger partial charge in [0.25, 0.3) is 5.56 Å². The predicted molar refractivity (Wildman–Crippen MR) is 77.4 cm³/mol. The van der Waals surface area contributed by atoms with E-state index in [2.05, 4.69) is 15.0 Å². The number of aryl methyl sites for hydroxylation is 1. The molecular formula is C14H12N4O3. The first-order valence-corrected chi connectivity index (χ1v) is 6.20. The molecule has 0 spiro atoms. The molecule has 7 heteroatoms. The first-order valence-electron chi connectivity index (χ1n) is 6.20. The SMILES string of the molecule is COc1ccc(-c2ncc3c(=O)[nH]c(=O)n(C)c3n2)cc1. The summed E-state index contributed by atoms with van der Waals surface area (Å²) in [5, 5.41) is 0.273. The Balaban J connectivity index is 2.22. The lowest BCUT2D eigenvalue weighted by Gasteiger charge is -2.05. The van der Waals surface area contributed by atoms with Crippen molar-refractivity contribution in [1.82, 2.24) is 19.5 Å². The zero-order chi connectivity index (χ0) is 15.0. The fourth-order valence-corrected chi connectivity index (χ4v) is 2.01. The van der Waals surface area contributed by atoms with E-state index in [-0.39, 0.29) is 5.39 Å². The molecule has 106 valence electrons. The molecule has 0 bridgehead atoms. The number of nitrogens with zero attached hydrogens (tertiary/aromatic N) is 3. The smallest absolute Gasteiger partial charge is 0.329 e. The lowest BCUT2D eigenvalue weighted by atomic mass is 10.2. The van der Waals surface area contributed by atoms with Crippen LogP contribution in [0.25, 0.3) is 22.4 Å². The van der Waals surface area contributed by atoms with Crippen molar-refractivity contribution in [3.8, 4) is 17.1 Å². The summed E-state index contributed by atoms with van der Waals surface area (Å²) in [7, 11) is 3.13. The van der Waals surface area contributed by atoms with E-state index in [0.717, 1.165) is 11.3 Å². The maximum absolute atomic E-state index is 11.7. The van der Waals surface area contributed by atoms with Crippen LogP contribution in [0.2, 0.25) is 0 Å². The molecule has 0 unspecified atom stereocenters. The van der Waals surface area contributed by atoms with Crippen molar-refractivity contribution in [2.24, 2.45) is 7.05 Å². The second-order valence-electron chi connectivity index (χ2n) is 4.48. The van der Waals surface area contributed by atoms with Crippen LogP contribution < -0.4 is 16.0 Å². The standard InChI is InChI=1S/C14H12N4O3/c1-18-12-10(13(19)17-14(18)20)7-15-11(16-12)8-3-5-9(21-2)6-4-8/h3-7H,1-2H3,(H,17,19,20). The maximum Gasteiger partial charge on any atom is 0.329 e. The number of fused-ring (bicyclic) bond motifs is 1. The van der Waals surface area contributed by atoms with Crippen LogP contribution in [-0.2, 0) is 7.05 Å². The Morgan fingerprint density at radius 2 is 1.90 bits per heavy atom. The summed E-state index contributed by atoms with van der Waals surface area (Å²) in [5.41, 5.74) is 0.0660. The monoisotopic (exact) mass is 284 g/mol. The largest absolute Gasteiger partial charge is 0.497 e. The molecule has 3 rings (SSSR count). The highest BCUT2D eigenvalue weighted by molar-refractivity contribution is 5.75. The predicted octanol–water partition coefficient (Wildman–Crippen LogP) is 0.692. The van der Waals surface area contributed by atoms with Gasteiger partial charge in [-0.05, 0) is 24.3 Å². The Kier molecular flexibility index (Phi) is 3.02. The average Bonchev–Trinajstić information content (AvgIpc) is 2.52. The number of benzene rings is 1. The van der Waals surface area contributed by atoms with E-state index in [1.807, 2.05) is 12.1 Å². The minimum atomic E-state index is -0.508. The Bertz CT molecular complexity index is 926. The van der Waals surface area contributed by atoms with Gasteiger partial charge in [-0.25, -0.2) is 14.8 Å². The van der Waals surface area contributed by atoms with Crippen LogP contribution in [0.15, 0.2) is 40.1 Å². The van der Waals surface area contributed by atoms with Gasteiger partial charge in [-0.15, -0.1) is 0 Å². The summed E-state index contributed by atoms with van der Waals surface area (Å²) in [6.45, 7) is 0. The molecule has 2 aromatic heterocycles. The zero-order valence-electron chi connectivity index (χ0n) is 11.5. The first-order chi connectivity index (χ1) is 10.1. The molecule has 1 N–H and O–H groups in total. The minimum Gasteiger partial charge on any atom is -0.497 e. The molecule has 0 amide bonds. The molecule has 0 saturated heterocycles. The molecule has 0 saturated carbocycles. The van der Waals surface area contributed by atoms with E-state index >= 15 is 0 Å². The number of hydrogen-bond donors (Lipinski definition) is 1. The highest BCUT2D eigenvalue weighted by atomic mass is 16.5. The van der Waals surface area contributed by atoms with E-state index in [4.69, 9.17) is 4.74 Å². The normalized spacial score (nSPS) is 10.8. The summed E-state index contributed by atoms with van der Waals surface area (Å²) in [4.78, 5) is 34.0. The summed E-state index contributed by atoms with van der Waals surface area (Å²) in [6.07, 6.45) is 1.42. The topological polar surface area (TPSA) is 89.9 Å². The Morgan fingerprint density at radius 3 is 2.57 bits per heavy atom. The maximum atomic E-state index is 11.7. The third-order valence-electron chi connectivity index (χ3n) is 3.20. The lowest BCUT2D eigenvalue weighted by molar-refractivity contribution is 0.415. The third-order valence-corrected chi connectivity index (χ3v) is 3.20. The molecule has 21 heavy (non-hydrogen) atoms. The van der Waals surface area contributed by atoms with Crippen LogP contribution >= 0.6 is 0 Å². The number of hydrogen-bond acceptors (Lipinski definition) is 5. The van der Waals surface area contributed by atoms with Gasteiger partial charge >= 0.3 is 5.69 Å². The van der Waals surface area contributed by atoms with Gasteiger partial charge in [0.1, 0.15) is 11.1 Å². The molecule has 0 aliphatic rings. The molecule has 0 aliphatic carbocycles. The lowest BCUT2D eigenvalue weighted by Crippen LogP contribution is -2.29. The average molecular weight is 284 g/mol. The number of nitrogens with one attached hydrogen (secondary N) is 1. The molecule has 0 atom stereocenters. The number of aromatic amines is 1. The molecule has 2 heterocycles. The van der Waals surface area contributed by atoms with Crippen LogP contribution in [-0.4, -0.2) is 26.6 Å². The van der Waals surface area contributed by atoms with Crippen molar-refractivity contribution in [3.05, 3.63) is 51.3 Å². The van der Waals surface area contributed by atoms with Crippen molar-refractivity contribution in [2.75, 3.05) is 7.11 Å². The van der Waals surface area contributed by atoms with Crippen LogP contribution in [0.1, 0.15) is 0 Å². The second-order valence-corrected chi connectivity index (χ2v) is 4.48. The van der Waals surface area contributed by atoms with Gasteiger partial charge < -0.3 is 4.74 Å². The quantitative estimate of drug-likeness (QED) is 0.748. The van der Waals surface area contributed by atoms with E-state index in [0.29, 0.717) is 11.5 Å². The Hall–Kier alpha value is -2.96. The molecule has 0 radical (unpaired) electrons. The van der Waals surface area contributed by atoms with Crippen LogP contribution in [0, 0.1) is 0 Å². The molecule has 0 aliphatic heterocycles. The van der Waals surface area contributed by atoms with Gasteiger partial charge in [-0.1, -0.05) is 0 Å². The first kappa shape index (κ1) is 13.0. The highest BCUT2D eigenvalue weighted by Crippen LogP contribution is 2.19. The van der Waals surface area contributed by atoms with Crippen LogP contribution in [0.4, 0.5) is 0 Å². The highest BCUT2D eigenvalue weighted by Gasteiger charge is 2.09. The van der Waals surface area contributed by atoms with E-state index in [1.54, 1.807) is 26.3 Å². The second kappa shape index (κ2) is 4.86. The van der Waals surface area contributed by atoms with E-state index in [1.165, 1.54) is 10.8 Å². The van der Waals surface area contributed by atoms with Gasteiger partial charge in [0, 0.05) is 18.8 Å². The Labute approximate surface area is 118 Å². The number of H-pyrrole nitrogens is 1. The molecule has 7 nitrogen and oxygen atoms in total. The Morgan fingerprint density at radius 1 is 1.19 bits per heavy atom. The molecule has 0 fully saturated rings. The van der Waals surface area contributed by atoms with Crippen molar-refractivity contribution >= 4 is 11.0 Å². The van der Waals surface area contributed by atoms with Crippen molar-refractivity contribution < 1.29 is 4.74 Å².